The molecule has 0 spiro atoms. The van der Waals surface area contributed by atoms with E-state index in [1.54, 1.807) is 18.2 Å². The van der Waals surface area contributed by atoms with Crippen LogP contribution in [-0.4, -0.2) is 24.9 Å². The predicted molar refractivity (Wildman–Crippen MR) is 75.4 cm³/mol. The lowest BCUT2D eigenvalue weighted by molar-refractivity contribution is -0.123. The molecule has 0 atom stereocenters. The average Bonchev–Trinajstić information content (AvgIpc) is 2.38. The molecule has 0 saturated heterocycles. The smallest absolute Gasteiger partial charge is 0.222 e. The van der Waals surface area contributed by atoms with Gasteiger partial charge in [-0.05, 0) is 18.6 Å². The fourth-order valence-corrected chi connectivity index (χ4v) is 1.43. The van der Waals surface area contributed by atoms with Crippen LogP contribution >= 0.6 is 0 Å². The highest BCUT2D eigenvalue weighted by molar-refractivity contribution is 5.95. The highest BCUT2D eigenvalue weighted by atomic mass is 16.5. The van der Waals surface area contributed by atoms with Crippen LogP contribution in [0, 0.1) is 11.3 Å². The topological polar surface area (TPSA) is 88.2 Å². The van der Waals surface area contributed by atoms with Crippen molar-refractivity contribution in [2.24, 2.45) is 11.7 Å². The zero-order valence-corrected chi connectivity index (χ0v) is 11.4. The van der Waals surface area contributed by atoms with Crippen molar-refractivity contribution in [2.75, 3.05) is 13.2 Å². The maximum absolute atomic E-state index is 11.3. The molecular formula is C14H21N3O2. The summed E-state index contributed by atoms with van der Waals surface area (Å²) in [6.45, 7) is 4.83. The lowest BCUT2D eigenvalue weighted by Gasteiger charge is -2.09. The minimum Gasteiger partial charge on any atom is -0.494 e. The molecule has 1 rings (SSSR count). The third-order valence-electron chi connectivity index (χ3n) is 2.56. The largest absolute Gasteiger partial charge is 0.494 e. The molecule has 4 N–H and O–H groups in total. The number of amides is 1. The second kappa shape index (κ2) is 7.41. The van der Waals surface area contributed by atoms with Gasteiger partial charge in [-0.3, -0.25) is 10.2 Å². The van der Waals surface area contributed by atoms with Crippen LogP contribution in [0.15, 0.2) is 24.3 Å². The molecule has 0 aliphatic heterocycles. The molecule has 19 heavy (non-hydrogen) atoms. The molecule has 1 amide bonds. The van der Waals surface area contributed by atoms with E-state index in [0.717, 1.165) is 6.42 Å². The van der Waals surface area contributed by atoms with Gasteiger partial charge >= 0.3 is 0 Å². The van der Waals surface area contributed by atoms with Gasteiger partial charge < -0.3 is 15.8 Å². The van der Waals surface area contributed by atoms with Gasteiger partial charge in [-0.25, -0.2) is 0 Å². The number of hydrogen-bond donors (Lipinski definition) is 3. The number of hydrogen-bond acceptors (Lipinski definition) is 3. The second-order valence-corrected chi connectivity index (χ2v) is 4.59. The first-order valence-electron chi connectivity index (χ1n) is 6.35. The summed E-state index contributed by atoms with van der Waals surface area (Å²) in [5.41, 5.74) is 6.04. The van der Waals surface area contributed by atoms with Crippen LogP contribution in [0.25, 0.3) is 0 Å². The van der Waals surface area contributed by atoms with E-state index in [1.807, 2.05) is 19.9 Å². The predicted octanol–water partition coefficient (Wildman–Crippen LogP) is 1.51. The Morgan fingerprint density at radius 1 is 1.47 bits per heavy atom. The van der Waals surface area contributed by atoms with Gasteiger partial charge in [0.1, 0.15) is 11.6 Å². The van der Waals surface area contributed by atoms with E-state index in [1.165, 1.54) is 0 Å². The molecule has 0 saturated carbocycles. The van der Waals surface area contributed by atoms with Crippen molar-refractivity contribution in [3.8, 4) is 5.75 Å². The van der Waals surface area contributed by atoms with E-state index in [2.05, 4.69) is 5.32 Å². The first-order chi connectivity index (χ1) is 9.00. The first kappa shape index (κ1) is 15.0. The summed E-state index contributed by atoms with van der Waals surface area (Å²) in [5.74, 6) is 0.768. The van der Waals surface area contributed by atoms with E-state index in [4.69, 9.17) is 15.9 Å². The van der Waals surface area contributed by atoms with Gasteiger partial charge in [-0.2, -0.15) is 0 Å². The van der Waals surface area contributed by atoms with Gasteiger partial charge in [0.25, 0.3) is 0 Å². The van der Waals surface area contributed by atoms with Crippen molar-refractivity contribution in [3.05, 3.63) is 29.8 Å². The average molecular weight is 263 g/mol. The Morgan fingerprint density at radius 2 is 2.21 bits per heavy atom. The van der Waals surface area contributed by atoms with Crippen LogP contribution < -0.4 is 15.8 Å². The normalized spacial score (nSPS) is 10.3. The minimum absolute atomic E-state index is 0.00756. The molecule has 1 aromatic carbocycles. The van der Waals surface area contributed by atoms with Crippen LogP contribution in [0.1, 0.15) is 25.8 Å². The van der Waals surface area contributed by atoms with Crippen LogP contribution in [0.4, 0.5) is 0 Å². The van der Waals surface area contributed by atoms with Crippen molar-refractivity contribution >= 4 is 11.7 Å². The highest BCUT2D eigenvalue weighted by Crippen LogP contribution is 2.12. The van der Waals surface area contributed by atoms with E-state index >= 15 is 0 Å². The Kier molecular flexibility index (Phi) is 5.85. The Labute approximate surface area is 113 Å². The molecule has 0 radical (unpaired) electrons. The van der Waals surface area contributed by atoms with Crippen molar-refractivity contribution in [2.45, 2.75) is 20.3 Å². The quantitative estimate of drug-likeness (QED) is 0.396. The number of carbonyl (C=O) groups excluding carboxylic acids is 1. The molecule has 0 aliphatic carbocycles. The molecule has 0 fully saturated rings. The molecular weight excluding hydrogens is 242 g/mol. The van der Waals surface area contributed by atoms with Crippen LogP contribution in [0.3, 0.4) is 0 Å². The Bertz CT molecular complexity index is 444. The van der Waals surface area contributed by atoms with Gasteiger partial charge in [0.2, 0.25) is 5.91 Å². The summed E-state index contributed by atoms with van der Waals surface area (Å²) < 4.78 is 5.54. The Morgan fingerprint density at radius 3 is 2.84 bits per heavy atom. The third kappa shape index (κ3) is 5.42. The number of nitrogens with one attached hydrogen (secondary N) is 2. The number of benzene rings is 1. The third-order valence-corrected chi connectivity index (χ3v) is 2.56. The SMILES string of the molecule is CC(C)C(=O)NCCCOc1cccc(C(=N)N)c1. The van der Waals surface area contributed by atoms with Crippen molar-refractivity contribution in [3.63, 3.8) is 0 Å². The van der Waals surface area contributed by atoms with Crippen LogP contribution in [-0.2, 0) is 4.79 Å². The minimum atomic E-state index is 0.00756. The number of nitrogen functional groups attached to an aromatic ring is 1. The van der Waals surface area contributed by atoms with Gasteiger partial charge in [0.15, 0.2) is 0 Å². The number of rotatable bonds is 7. The fraction of sp³-hybridized carbons (Fsp3) is 0.429. The maximum Gasteiger partial charge on any atom is 0.222 e. The lowest BCUT2D eigenvalue weighted by Crippen LogP contribution is -2.29. The van der Waals surface area contributed by atoms with Crippen molar-refractivity contribution in [1.29, 1.82) is 5.41 Å². The fourth-order valence-electron chi connectivity index (χ4n) is 1.43. The molecule has 1 aromatic rings. The molecule has 0 aliphatic rings. The molecule has 104 valence electrons. The van der Waals surface area contributed by atoms with E-state index < -0.39 is 0 Å². The summed E-state index contributed by atoms with van der Waals surface area (Å²) in [6, 6.07) is 7.11. The van der Waals surface area contributed by atoms with Gasteiger partial charge in [-0.1, -0.05) is 26.0 Å². The lowest BCUT2D eigenvalue weighted by atomic mass is 10.2. The van der Waals surface area contributed by atoms with E-state index in [9.17, 15) is 4.79 Å². The molecule has 5 nitrogen and oxygen atoms in total. The van der Waals surface area contributed by atoms with Gasteiger partial charge in [-0.15, -0.1) is 0 Å². The molecule has 5 heteroatoms. The maximum atomic E-state index is 11.3. The molecule has 0 aromatic heterocycles. The number of ether oxygens (including phenoxy) is 1. The van der Waals surface area contributed by atoms with Gasteiger partial charge in [0.05, 0.1) is 6.61 Å². The Balaban J connectivity index is 2.28. The monoisotopic (exact) mass is 263 g/mol. The molecule has 0 bridgehead atoms. The zero-order chi connectivity index (χ0) is 14.3. The Hall–Kier alpha value is -2.04. The summed E-state index contributed by atoms with van der Waals surface area (Å²) in [7, 11) is 0. The first-order valence-corrected chi connectivity index (χ1v) is 6.35. The van der Waals surface area contributed by atoms with Crippen LogP contribution in [0.5, 0.6) is 5.75 Å². The van der Waals surface area contributed by atoms with Crippen molar-refractivity contribution in [1.82, 2.24) is 5.32 Å². The van der Waals surface area contributed by atoms with E-state index in [0.29, 0.717) is 24.5 Å². The second-order valence-electron chi connectivity index (χ2n) is 4.59. The highest BCUT2D eigenvalue weighted by Gasteiger charge is 2.05. The van der Waals surface area contributed by atoms with Crippen molar-refractivity contribution < 1.29 is 9.53 Å². The zero-order valence-electron chi connectivity index (χ0n) is 11.4. The number of carbonyl (C=O) groups is 1. The summed E-state index contributed by atoms with van der Waals surface area (Å²) in [4.78, 5) is 11.3. The van der Waals surface area contributed by atoms with E-state index in [-0.39, 0.29) is 17.7 Å². The van der Waals surface area contributed by atoms with Crippen LogP contribution in [0.2, 0.25) is 0 Å². The number of amidine groups is 1. The molecule has 0 unspecified atom stereocenters. The summed E-state index contributed by atoms with van der Waals surface area (Å²) >= 11 is 0. The summed E-state index contributed by atoms with van der Waals surface area (Å²) in [6.07, 6.45) is 0.739. The summed E-state index contributed by atoms with van der Waals surface area (Å²) in [5, 5.41) is 10.2. The number of nitrogens with two attached hydrogens (primary N) is 1. The molecule has 0 heterocycles. The van der Waals surface area contributed by atoms with Gasteiger partial charge in [0, 0.05) is 18.0 Å². The standard InChI is InChI=1S/C14H21N3O2/c1-10(2)14(18)17-7-4-8-19-12-6-3-5-11(9-12)13(15)16/h3,5-6,9-10H,4,7-8H2,1-2H3,(H3,15,16)(H,17,18).